The minimum Gasteiger partial charge on any atom is -0.292 e. The highest BCUT2D eigenvalue weighted by molar-refractivity contribution is 14.1. The summed E-state index contributed by atoms with van der Waals surface area (Å²) >= 11 is 2.29. The zero-order valence-corrected chi connectivity index (χ0v) is 22.2. The first-order valence-corrected chi connectivity index (χ1v) is 13.2. The summed E-state index contributed by atoms with van der Waals surface area (Å²) in [5, 5.41) is 14.3. The third kappa shape index (κ3) is 5.04. The number of aryl methyl sites for hydroxylation is 1. The van der Waals surface area contributed by atoms with Gasteiger partial charge in [-0.15, -0.1) is 5.10 Å². The molecule has 3 aromatic carbocycles. The molecule has 0 bridgehead atoms. The van der Waals surface area contributed by atoms with Crippen LogP contribution < -0.4 is 5.69 Å². The second-order valence-electron chi connectivity index (χ2n) is 8.76. The molecule has 5 aromatic rings. The van der Waals surface area contributed by atoms with Gasteiger partial charge in [0, 0.05) is 21.0 Å². The van der Waals surface area contributed by atoms with Crippen LogP contribution in [0.15, 0.2) is 83.8 Å². The molecule has 0 aliphatic heterocycles. The van der Waals surface area contributed by atoms with Crippen molar-refractivity contribution in [2.45, 2.75) is 39.2 Å². The average Bonchev–Trinajstić information content (AvgIpc) is 3.55. The Morgan fingerprint density at radius 3 is 2.39 bits per heavy atom. The molecule has 0 fully saturated rings. The number of para-hydroxylation sites is 1. The summed E-state index contributed by atoms with van der Waals surface area (Å²) < 4.78 is 4.76. The molecule has 8 heteroatoms. The predicted octanol–water partition coefficient (Wildman–Crippen LogP) is 5.87. The third-order valence-electron chi connectivity index (χ3n) is 6.34. The Labute approximate surface area is 223 Å². The fourth-order valence-electron chi connectivity index (χ4n) is 4.46. The van der Waals surface area contributed by atoms with Crippen LogP contribution in [-0.4, -0.2) is 29.8 Å². The topological polar surface area (TPSA) is 81.4 Å². The maximum atomic E-state index is 13.5. The number of aromatic amines is 1. The van der Waals surface area contributed by atoms with Crippen LogP contribution in [0.3, 0.4) is 0 Å². The Morgan fingerprint density at radius 2 is 1.67 bits per heavy atom. The first kappa shape index (κ1) is 24.2. The van der Waals surface area contributed by atoms with E-state index in [2.05, 4.69) is 80.5 Å². The van der Waals surface area contributed by atoms with E-state index in [1.54, 1.807) is 4.57 Å². The number of nitrogens with one attached hydrogen (secondary N) is 1. The molecule has 0 aliphatic rings. The Kier molecular flexibility index (Phi) is 7.41. The van der Waals surface area contributed by atoms with Gasteiger partial charge in [-0.05, 0) is 74.7 Å². The summed E-state index contributed by atoms with van der Waals surface area (Å²) in [5.41, 5.74) is 6.13. The van der Waals surface area contributed by atoms with E-state index < -0.39 is 0 Å². The molecule has 0 radical (unpaired) electrons. The standard InChI is InChI=1S/C28H27IN6O/c1-2-3-4-9-22-19-35(26-13-8-7-12-25(26)29)28(36)34(22)18-20-14-16-21(17-15-20)23-10-5-6-11-24(23)27-30-32-33-31-27/h5-8,10-17,19H,2-4,9,18H2,1H3,(H,30,31,32,33). The van der Waals surface area contributed by atoms with Crippen LogP contribution in [0.25, 0.3) is 28.2 Å². The lowest BCUT2D eigenvalue weighted by Crippen LogP contribution is -2.25. The highest BCUT2D eigenvalue weighted by Gasteiger charge is 2.15. The van der Waals surface area contributed by atoms with Gasteiger partial charge in [0.25, 0.3) is 0 Å². The summed E-state index contributed by atoms with van der Waals surface area (Å²) in [4.78, 5) is 13.5. The number of nitrogens with zero attached hydrogens (tertiary/aromatic N) is 5. The molecule has 2 heterocycles. The number of rotatable bonds is 9. The van der Waals surface area contributed by atoms with Crippen molar-refractivity contribution in [3.63, 3.8) is 0 Å². The van der Waals surface area contributed by atoms with E-state index in [0.29, 0.717) is 12.4 Å². The summed E-state index contributed by atoms with van der Waals surface area (Å²) in [6.07, 6.45) is 6.27. The first-order valence-electron chi connectivity index (χ1n) is 12.1. The fourth-order valence-corrected chi connectivity index (χ4v) is 5.11. The number of aromatic nitrogens is 6. The van der Waals surface area contributed by atoms with Crippen LogP contribution >= 0.6 is 22.6 Å². The predicted molar refractivity (Wildman–Crippen MR) is 150 cm³/mol. The fraction of sp³-hybridized carbons (Fsp3) is 0.214. The van der Waals surface area contributed by atoms with Crippen molar-refractivity contribution in [3.05, 3.63) is 104 Å². The molecule has 7 nitrogen and oxygen atoms in total. The summed E-state index contributed by atoms with van der Waals surface area (Å²) in [6, 6.07) is 24.4. The molecule has 0 spiro atoms. The second kappa shape index (κ2) is 11.0. The largest absolute Gasteiger partial charge is 0.333 e. The molecule has 0 amide bonds. The molecule has 2 aromatic heterocycles. The SMILES string of the molecule is CCCCCc1cn(-c2ccccc2I)c(=O)n1Cc1ccc(-c2ccccc2-c2nnn[nH]2)cc1. The van der Waals surface area contributed by atoms with Crippen LogP contribution in [-0.2, 0) is 13.0 Å². The molecule has 0 atom stereocenters. The molecule has 0 aliphatic carbocycles. The van der Waals surface area contributed by atoms with E-state index in [4.69, 9.17) is 0 Å². The van der Waals surface area contributed by atoms with Crippen molar-refractivity contribution < 1.29 is 0 Å². The number of benzene rings is 3. The zero-order valence-electron chi connectivity index (χ0n) is 20.1. The summed E-state index contributed by atoms with van der Waals surface area (Å²) in [6.45, 7) is 2.73. The van der Waals surface area contributed by atoms with Crippen molar-refractivity contribution in [1.29, 1.82) is 0 Å². The van der Waals surface area contributed by atoms with Gasteiger partial charge in [0.05, 0.1) is 12.2 Å². The van der Waals surface area contributed by atoms with Crippen molar-refractivity contribution in [3.8, 4) is 28.2 Å². The van der Waals surface area contributed by atoms with Gasteiger partial charge >= 0.3 is 5.69 Å². The Morgan fingerprint density at radius 1 is 0.917 bits per heavy atom. The van der Waals surface area contributed by atoms with Gasteiger partial charge in [-0.3, -0.25) is 9.13 Å². The highest BCUT2D eigenvalue weighted by Crippen LogP contribution is 2.30. The number of hydrogen-bond acceptors (Lipinski definition) is 4. The minimum atomic E-state index is -0.00199. The molecular weight excluding hydrogens is 563 g/mol. The quantitative estimate of drug-likeness (QED) is 0.172. The van der Waals surface area contributed by atoms with E-state index in [-0.39, 0.29) is 5.69 Å². The van der Waals surface area contributed by atoms with E-state index in [1.165, 1.54) is 0 Å². The summed E-state index contributed by atoms with van der Waals surface area (Å²) in [7, 11) is 0. The van der Waals surface area contributed by atoms with E-state index in [0.717, 1.165) is 62.9 Å². The smallest absolute Gasteiger partial charge is 0.292 e. The molecule has 182 valence electrons. The molecular formula is C28H27IN6O. The lowest BCUT2D eigenvalue weighted by Gasteiger charge is -2.10. The number of halogens is 1. The van der Waals surface area contributed by atoms with Crippen LogP contribution in [0.2, 0.25) is 0 Å². The third-order valence-corrected chi connectivity index (χ3v) is 7.26. The number of unbranched alkanes of at least 4 members (excludes halogenated alkanes) is 2. The maximum Gasteiger partial charge on any atom is 0.333 e. The van der Waals surface area contributed by atoms with Crippen LogP contribution in [0.1, 0.15) is 37.4 Å². The van der Waals surface area contributed by atoms with Gasteiger partial charge in [-0.2, -0.15) is 0 Å². The number of H-pyrrole nitrogens is 1. The monoisotopic (exact) mass is 590 g/mol. The minimum absolute atomic E-state index is 0.00199. The van der Waals surface area contributed by atoms with Gasteiger partial charge in [0.1, 0.15) is 0 Å². The number of tetrazole rings is 1. The van der Waals surface area contributed by atoms with Gasteiger partial charge in [0.2, 0.25) is 0 Å². The highest BCUT2D eigenvalue weighted by atomic mass is 127. The van der Waals surface area contributed by atoms with E-state index in [1.807, 2.05) is 53.2 Å². The van der Waals surface area contributed by atoms with Gasteiger partial charge in [0.15, 0.2) is 5.82 Å². The van der Waals surface area contributed by atoms with Crippen molar-refractivity contribution >= 4 is 22.6 Å². The maximum absolute atomic E-state index is 13.5. The van der Waals surface area contributed by atoms with Crippen LogP contribution in [0.4, 0.5) is 0 Å². The normalized spacial score (nSPS) is 11.2. The Hall–Kier alpha value is -3.53. The van der Waals surface area contributed by atoms with Crippen LogP contribution in [0, 0.1) is 3.57 Å². The Bertz CT molecular complexity index is 1500. The van der Waals surface area contributed by atoms with E-state index in [9.17, 15) is 4.79 Å². The first-order chi connectivity index (χ1) is 17.7. The zero-order chi connectivity index (χ0) is 24.9. The van der Waals surface area contributed by atoms with Crippen molar-refractivity contribution in [2.75, 3.05) is 0 Å². The molecule has 1 N–H and O–H groups in total. The lowest BCUT2D eigenvalue weighted by atomic mass is 9.98. The number of imidazole rings is 1. The Balaban J connectivity index is 1.46. The van der Waals surface area contributed by atoms with Gasteiger partial charge in [-0.1, -0.05) is 80.4 Å². The van der Waals surface area contributed by atoms with Crippen LogP contribution in [0.5, 0.6) is 0 Å². The lowest BCUT2D eigenvalue weighted by molar-refractivity contribution is 0.653. The average molecular weight is 590 g/mol. The second-order valence-corrected chi connectivity index (χ2v) is 9.92. The van der Waals surface area contributed by atoms with Gasteiger partial charge in [-0.25, -0.2) is 9.89 Å². The molecule has 0 unspecified atom stereocenters. The molecule has 36 heavy (non-hydrogen) atoms. The number of hydrogen-bond donors (Lipinski definition) is 1. The van der Waals surface area contributed by atoms with E-state index >= 15 is 0 Å². The van der Waals surface area contributed by atoms with Gasteiger partial charge < -0.3 is 0 Å². The molecule has 5 rings (SSSR count). The summed E-state index contributed by atoms with van der Waals surface area (Å²) in [5.74, 6) is 0.634. The van der Waals surface area contributed by atoms with Crippen molar-refractivity contribution in [2.24, 2.45) is 0 Å². The molecule has 0 saturated heterocycles. The molecule has 0 saturated carbocycles. The van der Waals surface area contributed by atoms with Crippen molar-refractivity contribution in [1.82, 2.24) is 29.8 Å².